The average molecular weight is 168 g/mol. The second-order valence-corrected chi connectivity index (χ2v) is 3.06. The summed E-state index contributed by atoms with van der Waals surface area (Å²) in [6, 6.07) is 6.02. The fourth-order valence-electron chi connectivity index (χ4n) is 0.847. The molecular formula is C8H12N2S. The molecule has 0 amide bonds. The van der Waals surface area contributed by atoms with Crippen LogP contribution in [0.4, 0.5) is 5.82 Å². The minimum atomic E-state index is 0.941. The van der Waals surface area contributed by atoms with Gasteiger partial charge in [0.1, 0.15) is 5.82 Å². The molecule has 0 aliphatic carbocycles. The van der Waals surface area contributed by atoms with Crippen LogP contribution in [-0.2, 0) is 5.75 Å². The highest BCUT2D eigenvalue weighted by Gasteiger charge is 1.93. The highest BCUT2D eigenvalue weighted by molar-refractivity contribution is 7.97. The van der Waals surface area contributed by atoms with Crippen LogP contribution in [0.3, 0.4) is 0 Å². The Bertz CT molecular complexity index is 225. The van der Waals surface area contributed by atoms with E-state index >= 15 is 0 Å². The molecule has 0 saturated heterocycles. The Labute approximate surface area is 71.4 Å². The molecule has 0 spiro atoms. The molecule has 0 aliphatic heterocycles. The van der Waals surface area contributed by atoms with Gasteiger partial charge in [-0.2, -0.15) is 11.8 Å². The van der Waals surface area contributed by atoms with Crippen molar-refractivity contribution in [1.29, 1.82) is 0 Å². The van der Waals surface area contributed by atoms with E-state index in [4.69, 9.17) is 0 Å². The van der Waals surface area contributed by atoms with E-state index in [9.17, 15) is 0 Å². The minimum Gasteiger partial charge on any atom is -0.373 e. The molecule has 2 nitrogen and oxygen atoms in total. The van der Waals surface area contributed by atoms with Gasteiger partial charge in [-0.3, -0.25) is 0 Å². The molecule has 0 aromatic carbocycles. The molecule has 1 aromatic heterocycles. The molecule has 1 heterocycles. The summed E-state index contributed by atoms with van der Waals surface area (Å²) >= 11 is 1.78. The van der Waals surface area contributed by atoms with Gasteiger partial charge in [0.15, 0.2) is 0 Å². The van der Waals surface area contributed by atoms with Crippen LogP contribution in [0.2, 0.25) is 0 Å². The molecule has 1 rings (SSSR count). The zero-order valence-electron chi connectivity index (χ0n) is 6.79. The van der Waals surface area contributed by atoms with Gasteiger partial charge in [-0.25, -0.2) is 4.98 Å². The highest BCUT2D eigenvalue weighted by Crippen LogP contribution is 2.08. The summed E-state index contributed by atoms with van der Waals surface area (Å²) in [5.41, 5.74) is 1.13. The summed E-state index contributed by atoms with van der Waals surface area (Å²) < 4.78 is 0. The van der Waals surface area contributed by atoms with Gasteiger partial charge in [0.25, 0.3) is 0 Å². The van der Waals surface area contributed by atoms with Gasteiger partial charge in [0.05, 0.1) is 5.69 Å². The lowest BCUT2D eigenvalue weighted by Crippen LogP contribution is -1.94. The van der Waals surface area contributed by atoms with E-state index < -0.39 is 0 Å². The Morgan fingerprint density at radius 2 is 2.36 bits per heavy atom. The second-order valence-electron chi connectivity index (χ2n) is 2.20. The molecule has 0 aliphatic rings. The van der Waals surface area contributed by atoms with Crippen LogP contribution in [0.5, 0.6) is 0 Å². The Morgan fingerprint density at radius 1 is 1.55 bits per heavy atom. The fraction of sp³-hybridized carbons (Fsp3) is 0.375. The molecule has 60 valence electrons. The zero-order valence-corrected chi connectivity index (χ0v) is 7.61. The van der Waals surface area contributed by atoms with Crippen molar-refractivity contribution in [3.8, 4) is 0 Å². The summed E-state index contributed by atoms with van der Waals surface area (Å²) in [6.45, 7) is 0. The third-order valence-corrected chi connectivity index (χ3v) is 1.94. The van der Waals surface area contributed by atoms with E-state index in [2.05, 4.69) is 16.6 Å². The number of nitrogens with one attached hydrogen (secondary N) is 1. The predicted octanol–water partition coefficient (Wildman–Crippen LogP) is 1.99. The van der Waals surface area contributed by atoms with Crippen molar-refractivity contribution in [2.75, 3.05) is 18.6 Å². The third kappa shape index (κ3) is 2.42. The van der Waals surface area contributed by atoms with Gasteiger partial charge in [-0.05, 0) is 18.4 Å². The number of anilines is 1. The van der Waals surface area contributed by atoms with Gasteiger partial charge in [-0.1, -0.05) is 6.07 Å². The van der Waals surface area contributed by atoms with Gasteiger partial charge < -0.3 is 5.32 Å². The van der Waals surface area contributed by atoms with E-state index in [1.165, 1.54) is 0 Å². The standard InChI is InChI=1S/C8H12N2S/c1-9-8-5-3-4-7(10-8)6-11-2/h3-5H,6H2,1-2H3,(H,9,10). The first-order valence-electron chi connectivity index (χ1n) is 3.49. The van der Waals surface area contributed by atoms with Gasteiger partial charge >= 0.3 is 0 Å². The van der Waals surface area contributed by atoms with Crippen LogP contribution in [0.15, 0.2) is 18.2 Å². The van der Waals surface area contributed by atoms with Crippen molar-refractivity contribution >= 4 is 17.6 Å². The lowest BCUT2D eigenvalue weighted by molar-refractivity contribution is 1.17. The summed E-state index contributed by atoms with van der Waals surface area (Å²) in [5.74, 6) is 1.92. The smallest absolute Gasteiger partial charge is 0.125 e. The maximum absolute atomic E-state index is 4.35. The number of aromatic nitrogens is 1. The van der Waals surface area contributed by atoms with Crippen LogP contribution in [0.1, 0.15) is 5.69 Å². The normalized spacial score (nSPS) is 9.64. The van der Waals surface area contributed by atoms with Crippen molar-refractivity contribution in [2.24, 2.45) is 0 Å². The minimum absolute atomic E-state index is 0.941. The lowest BCUT2D eigenvalue weighted by Gasteiger charge is -2.00. The quantitative estimate of drug-likeness (QED) is 0.747. The zero-order chi connectivity index (χ0) is 8.10. The lowest BCUT2D eigenvalue weighted by atomic mass is 10.4. The first-order chi connectivity index (χ1) is 5.36. The molecule has 11 heavy (non-hydrogen) atoms. The molecule has 1 aromatic rings. The second kappa shape index (κ2) is 4.23. The van der Waals surface area contributed by atoms with E-state index in [-0.39, 0.29) is 0 Å². The Kier molecular flexibility index (Phi) is 3.23. The Morgan fingerprint density at radius 3 is 3.00 bits per heavy atom. The molecule has 0 radical (unpaired) electrons. The average Bonchev–Trinajstić information content (AvgIpc) is 2.06. The molecule has 0 fully saturated rings. The first-order valence-corrected chi connectivity index (χ1v) is 4.89. The molecular weight excluding hydrogens is 156 g/mol. The summed E-state index contributed by atoms with van der Waals surface area (Å²) in [7, 11) is 1.88. The Hall–Kier alpha value is -0.700. The fourth-order valence-corrected chi connectivity index (χ4v) is 1.30. The number of hydrogen-bond acceptors (Lipinski definition) is 3. The maximum Gasteiger partial charge on any atom is 0.125 e. The van der Waals surface area contributed by atoms with Crippen molar-refractivity contribution < 1.29 is 0 Å². The van der Waals surface area contributed by atoms with Crippen LogP contribution in [-0.4, -0.2) is 18.3 Å². The van der Waals surface area contributed by atoms with E-state index in [1.54, 1.807) is 11.8 Å². The largest absolute Gasteiger partial charge is 0.373 e. The molecule has 1 N–H and O–H groups in total. The number of pyridine rings is 1. The third-order valence-electron chi connectivity index (χ3n) is 1.36. The number of rotatable bonds is 3. The molecule has 3 heteroatoms. The summed E-state index contributed by atoms with van der Waals surface area (Å²) in [5, 5.41) is 3.01. The van der Waals surface area contributed by atoms with Crippen LogP contribution < -0.4 is 5.32 Å². The predicted molar refractivity (Wildman–Crippen MR) is 51.0 cm³/mol. The van der Waals surface area contributed by atoms with Crippen molar-refractivity contribution in [1.82, 2.24) is 4.98 Å². The number of hydrogen-bond donors (Lipinski definition) is 1. The van der Waals surface area contributed by atoms with E-state index in [0.717, 1.165) is 17.3 Å². The summed E-state index contributed by atoms with van der Waals surface area (Å²) in [4.78, 5) is 4.35. The Balaban J connectivity index is 2.74. The maximum atomic E-state index is 4.35. The van der Waals surface area contributed by atoms with E-state index in [1.807, 2.05) is 25.2 Å². The van der Waals surface area contributed by atoms with Crippen molar-refractivity contribution in [3.63, 3.8) is 0 Å². The van der Waals surface area contributed by atoms with Gasteiger partial charge in [0, 0.05) is 12.8 Å². The van der Waals surface area contributed by atoms with E-state index in [0.29, 0.717) is 0 Å². The number of nitrogens with zero attached hydrogens (tertiary/aromatic N) is 1. The monoisotopic (exact) mass is 168 g/mol. The molecule has 0 unspecified atom stereocenters. The van der Waals surface area contributed by atoms with Crippen LogP contribution in [0, 0.1) is 0 Å². The first kappa shape index (κ1) is 8.40. The summed E-state index contributed by atoms with van der Waals surface area (Å²) in [6.07, 6.45) is 2.08. The van der Waals surface area contributed by atoms with Gasteiger partial charge in [0.2, 0.25) is 0 Å². The topological polar surface area (TPSA) is 24.9 Å². The van der Waals surface area contributed by atoms with Crippen molar-refractivity contribution in [3.05, 3.63) is 23.9 Å². The highest BCUT2D eigenvalue weighted by atomic mass is 32.2. The molecule has 0 atom stereocenters. The van der Waals surface area contributed by atoms with Crippen molar-refractivity contribution in [2.45, 2.75) is 5.75 Å². The van der Waals surface area contributed by atoms with Crippen LogP contribution >= 0.6 is 11.8 Å². The number of thioether (sulfide) groups is 1. The van der Waals surface area contributed by atoms with Gasteiger partial charge in [-0.15, -0.1) is 0 Å². The molecule has 0 bridgehead atoms. The van der Waals surface area contributed by atoms with Crippen LogP contribution in [0.25, 0.3) is 0 Å². The SMILES string of the molecule is CNc1cccc(CSC)n1. The molecule has 0 saturated carbocycles.